The zero-order valence-corrected chi connectivity index (χ0v) is 8.19. The number of para-hydroxylation sites is 1. The number of benzene rings is 1. The number of hydrogen-bond acceptors (Lipinski definition) is 2. The van der Waals surface area contributed by atoms with E-state index in [4.69, 9.17) is 4.74 Å². The first-order valence-corrected chi connectivity index (χ1v) is 5.09. The molecule has 1 atom stereocenters. The van der Waals surface area contributed by atoms with Crippen LogP contribution >= 0.6 is 0 Å². The molecule has 1 aliphatic heterocycles. The lowest BCUT2D eigenvalue weighted by Gasteiger charge is -2.02. The van der Waals surface area contributed by atoms with E-state index in [1.165, 1.54) is 0 Å². The SMILES string of the molecule is O=C1OCC[C@@H]1c1c[nH]c2ccccc12. The average Bonchev–Trinajstić information content (AvgIpc) is 2.83. The average molecular weight is 201 g/mol. The van der Waals surface area contributed by atoms with Crippen LogP contribution < -0.4 is 0 Å². The molecule has 1 saturated heterocycles. The highest BCUT2D eigenvalue weighted by Gasteiger charge is 2.29. The van der Waals surface area contributed by atoms with Crippen LogP contribution in [-0.4, -0.2) is 17.6 Å². The van der Waals surface area contributed by atoms with Gasteiger partial charge in [0.1, 0.15) is 0 Å². The predicted molar refractivity (Wildman–Crippen MR) is 56.6 cm³/mol. The summed E-state index contributed by atoms with van der Waals surface area (Å²) in [5, 5.41) is 1.13. The molecule has 1 aromatic carbocycles. The highest BCUT2D eigenvalue weighted by atomic mass is 16.5. The number of fused-ring (bicyclic) bond motifs is 1. The molecule has 0 aliphatic carbocycles. The van der Waals surface area contributed by atoms with Crippen LogP contribution in [-0.2, 0) is 9.53 Å². The fourth-order valence-corrected chi connectivity index (χ4v) is 2.16. The van der Waals surface area contributed by atoms with Crippen molar-refractivity contribution in [2.24, 2.45) is 0 Å². The third-order valence-electron chi connectivity index (χ3n) is 2.93. The first-order valence-electron chi connectivity index (χ1n) is 5.09. The molecule has 0 unspecified atom stereocenters. The van der Waals surface area contributed by atoms with Gasteiger partial charge in [-0.1, -0.05) is 18.2 Å². The number of carbonyl (C=O) groups is 1. The number of hydrogen-bond donors (Lipinski definition) is 1. The minimum Gasteiger partial charge on any atom is -0.465 e. The van der Waals surface area contributed by atoms with Crippen molar-refractivity contribution < 1.29 is 9.53 Å². The van der Waals surface area contributed by atoms with Crippen molar-refractivity contribution in [3.05, 3.63) is 36.0 Å². The fraction of sp³-hybridized carbons (Fsp3) is 0.250. The monoisotopic (exact) mass is 201 g/mol. The number of ether oxygens (including phenoxy) is 1. The van der Waals surface area contributed by atoms with E-state index >= 15 is 0 Å². The summed E-state index contributed by atoms with van der Waals surface area (Å²) in [7, 11) is 0. The van der Waals surface area contributed by atoms with Crippen molar-refractivity contribution >= 4 is 16.9 Å². The summed E-state index contributed by atoms with van der Waals surface area (Å²) in [6.07, 6.45) is 2.71. The minimum atomic E-state index is -0.0975. The third kappa shape index (κ3) is 1.23. The van der Waals surface area contributed by atoms with Crippen LogP contribution in [0.15, 0.2) is 30.5 Å². The van der Waals surface area contributed by atoms with Gasteiger partial charge in [0.2, 0.25) is 0 Å². The molecule has 3 rings (SSSR count). The molecule has 0 radical (unpaired) electrons. The van der Waals surface area contributed by atoms with Gasteiger partial charge in [-0.2, -0.15) is 0 Å². The second-order valence-electron chi connectivity index (χ2n) is 3.80. The number of rotatable bonds is 1. The summed E-state index contributed by atoms with van der Waals surface area (Å²) in [5.41, 5.74) is 2.14. The number of carbonyl (C=O) groups excluding carboxylic acids is 1. The Kier molecular flexibility index (Phi) is 1.78. The molecule has 0 saturated carbocycles. The molecule has 15 heavy (non-hydrogen) atoms. The van der Waals surface area contributed by atoms with Crippen molar-refractivity contribution in [3.8, 4) is 0 Å². The number of cyclic esters (lactones) is 1. The van der Waals surface area contributed by atoms with Crippen LogP contribution in [0.3, 0.4) is 0 Å². The van der Waals surface area contributed by atoms with E-state index in [1.54, 1.807) is 0 Å². The van der Waals surface area contributed by atoms with Gasteiger partial charge in [0.25, 0.3) is 0 Å². The third-order valence-corrected chi connectivity index (χ3v) is 2.93. The van der Waals surface area contributed by atoms with E-state index in [-0.39, 0.29) is 11.9 Å². The molecule has 1 aromatic heterocycles. The second-order valence-corrected chi connectivity index (χ2v) is 3.80. The molecular weight excluding hydrogens is 190 g/mol. The number of aromatic nitrogens is 1. The van der Waals surface area contributed by atoms with Gasteiger partial charge in [0.15, 0.2) is 0 Å². The van der Waals surface area contributed by atoms with Crippen molar-refractivity contribution in [1.82, 2.24) is 4.98 Å². The summed E-state index contributed by atoms with van der Waals surface area (Å²) >= 11 is 0. The fourth-order valence-electron chi connectivity index (χ4n) is 2.16. The lowest BCUT2D eigenvalue weighted by molar-refractivity contribution is -0.139. The Morgan fingerprint density at radius 3 is 3.00 bits per heavy atom. The van der Waals surface area contributed by atoms with Gasteiger partial charge in [0, 0.05) is 17.1 Å². The first-order chi connectivity index (χ1) is 7.36. The van der Waals surface area contributed by atoms with E-state index in [0.717, 1.165) is 22.9 Å². The molecule has 1 fully saturated rings. The van der Waals surface area contributed by atoms with Crippen molar-refractivity contribution in [3.63, 3.8) is 0 Å². The molecule has 0 spiro atoms. The highest BCUT2D eigenvalue weighted by Crippen LogP contribution is 2.31. The van der Waals surface area contributed by atoms with Crippen molar-refractivity contribution in [2.75, 3.05) is 6.61 Å². The minimum absolute atomic E-state index is 0.0823. The lowest BCUT2D eigenvalue weighted by atomic mass is 9.97. The smallest absolute Gasteiger partial charge is 0.313 e. The van der Waals surface area contributed by atoms with Gasteiger partial charge in [-0.3, -0.25) is 4.79 Å². The van der Waals surface area contributed by atoms with Crippen LogP contribution in [0.1, 0.15) is 17.9 Å². The maximum absolute atomic E-state index is 11.5. The van der Waals surface area contributed by atoms with E-state index in [9.17, 15) is 4.79 Å². The van der Waals surface area contributed by atoms with Crippen LogP contribution in [0.5, 0.6) is 0 Å². The van der Waals surface area contributed by atoms with Gasteiger partial charge in [-0.05, 0) is 18.1 Å². The topological polar surface area (TPSA) is 42.1 Å². The van der Waals surface area contributed by atoms with Crippen molar-refractivity contribution in [1.29, 1.82) is 0 Å². The maximum Gasteiger partial charge on any atom is 0.313 e. The van der Waals surface area contributed by atoms with Crippen molar-refractivity contribution in [2.45, 2.75) is 12.3 Å². The van der Waals surface area contributed by atoms with E-state index < -0.39 is 0 Å². The predicted octanol–water partition coefficient (Wildman–Crippen LogP) is 2.20. The Morgan fingerprint density at radius 2 is 2.20 bits per heavy atom. The molecule has 0 amide bonds. The molecule has 1 N–H and O–H groups in total. The standard InChI is InChI=1S/C12H11NO2/c14-12-9(5-6-15-12)10-7-13-11-4-2-1-3-8(10)11/h1-4,7,9,13H,5-6H2/t9-/m1/s1. The maximum atomic E-state index is 11.5. The Morgan fingerprint density at radius 1 is 1.33 bits per heavy atom. The first kappa shape index (κ1) is 8.53. The summed E-state index contributed by atoms with van der Waals surface area (Å²) in [6.45, 7) is 0.545. The zero-order valence-electron chi connectivity index (χ0n) is 8.19. The van der Waals surface area contributed by atoms with E-state index in [1.807, 2.05) is 30.5 Å². The summed E-state index contributed by atoms with van der Waals surface area (Å²) in [6, 6.07) is 8.02. The number of aromatic amines is 1. The molecule has 3 nitrogen and oxygen atoms in total. The molecule has 2 heterocycles. The van der Waals surface area contributed by atoms with Crippen LogP contribution in [0.25, 0.3) is 10.9 Å². The summed E-state index contributed by atoms with van der Waals surface area (Å²) < 4.78 is 4.99. The lowest BCUT2D eigenvalue weighted by Crippen LogP contribution is -2.04. The normalized spacial score (nSPS) is 20.8. The Balaban J connectivity index is 2.14. The summed E-state index contributed by atoms with van der Waals surface area (Å²) in [4.78, 5) is 14.7. The zero-order chi connectivity index (χ0) is 10.3. The summed E-state index contributed by atoms with van der Waals surface area (Å²) in [5.74, 6) is -0.180. The Labute approximate surface area is 87.1 Å². The molecule has 2 aromatic rings. The van der Waals surface area contributed by atoms with Gasteiger partial charge in [-0.15, -0.1) is 0 Å². The van der Waals surface area contributed by atoms with E-state index in [2.05, 4.69) is 4.98 Å². The van der Waals surface area contributed by atoms with Crippen LogP contribution in [0.2, 0.25) is 0 Å². The number of H-pyrrole nitrogens is 1. The van der Waals surface area contributed by atoms with Gasteiger partial charge >= 0.3 is 5.97 Å². The van der Waals surface area contributed by atoms with Crippen LogP contribution in [0, 0.1) is 0 Å². The second kappa shape index (κ2) is 3.12. The van der Waals surface area contributed by atoms with Gasteiger partial charge in [-0.25, -0.2) is 0 Å². The van der Waals surface area contributed by atoms with Crippen LogP contribution in [0.4, 0.5) is 0 Å². The van der Waals surface area contributed by atoms with Gasteiger partial charge in [0.05, 0.1) is 12.5 Å². The highest BCUT2D eigenvalue weighted by molar-refractivity contribution is 5.90. The molecule has 1 aliphatic rings. The molecular formula is C12H11NO2. The largest absolute Gasteiger partial charge is 0.465 e. The van der Waals surface area contributed by atoms with Gasteiger partial charge < -0.3 is 9.72 Å². The molecule has 76 valence electrons. The Hall–Kier alpha value is -1.77. The van der Waals surface area contributed by atoms with E-state index in [0.29, 0.717) is 6.61 Å². The molecule has 0 bridgehead atoms. The molecule has 3 heteroatoms. The quantitative estimate of drug-likeness (QED) is 0.718. The number of esters is 1. The number of nitrogens with one attached hydrogen (secondary N) is 1. The Bertz CT molecular complexity index is 515.